The van der Waals surface area contributed by atoms with Gasteiger partial charge < -0.3 is 20.0 Å². The highest BCUT2D eigenvalue weighted by atomic mass is 16.2. The van der Waals surface area contributed by atoms with E-state index in [9.17, 15) is 9.59 Å². The molecule has 2 aliphatic heterocycles. The molecule has 1 atom stereocenters. The fourth-order valence-corrected chi connectivity index (χ4v) is 4.72. The van der Waals surface area contributed by atoms with E-state index in [-0.39, 0.29) is 5.91 Å². The lowest BCUT2D eigenvalue weighted by Gasteiger charge is -2.29. The van der Waals surface area contributed by atoms with Crippen molar-refractivity contribution in [3.8, 4) is 0 Å². The number of carbonyl (C=O) groups is 2. The number of hydrogen-bond acceptors (Lipinski definition) is 4. The van der Waals surface area contributed by atoms with E-state index < -0.39 is 0 Å². The number of piperidine rings is 1. The summed E-state index contributed by atoms with van der Waals surface area (Å²) in [5.41, 5.74) is 2.36. The van der Waals surface area contributed by atoms with Gasteiger partial charge in [-0.3, -0.25) is 9.59 Å². The van der Waals surface area contributed by atoms with E-state index in [2.05, 4.69) is 48.3 Å². The van der Waals surface area contributed by atoms with Crippen LogP contribution >= 0.6 is 0 Å². The topological polar surface area (TPSA) is 55.9 Å². The Bertz CT molecular complexity index is 706. The molecule has 2 amide bonds. The zero-order valence-electron chi connectivity index (χ0n) is 19.4. The molecule has 1 aromatic carbocycles. The van der Waals surface area contributed by atoms with Crippen molar-refractivity contribution < 1.29 is 9.59 Å². The van der Waals surface area contributed by atoms with Gasteiger partial charge in [0, 0.05) is 57.3 Å². The maximum Gasteiger partial charge on any atom is 0.226 e. The van der Waals surface area contributed by atoms with E-state index in [4.69, 9.17) is 0 Å². The van der Waals surface area contributed by atoms with Crippen molar-refractivity contribution >= 4 is 17.5 Å². The maximum atomic E-state index is 12.1. The van der Waals surface area contributed by atoms with Gasteiger partial charge in [0.25, 0.3) is 0 Å². The number of benzene rings is 1. The van der Waals surface area contributed by atoms with Crippen LogP contribution in [-0.2, 0) is 16.0 Å². The van der Waals surface area contributed by atoms with Crippen LogP contribution in [0.5, 0.6) is 0 Å². The standard InChI is InChI=1S/C25H40N4O2/c1-3-27(16-6-7-17-28-19-15-26-14-13-24(28)30)21(2)20-22-9-11-23(12-10-22)29-18-5-4-8-25(29)31/h9-12,21,26H,3-8,13-20H2,1-2H3. The molecule has 2 aliphatic rings. The molecule has 0 aromatic heterocycles. The molecule has 2 fully saturated rings. The first-order valence-corrected chi connectivity index (χ1v) is 12.2. The number of nitrogens with one attached hydrogen (secondary N) is 1. The molecule has 2 heterocycles. The molecule has 1 N–H and O–H groups in total. The molecule has 31 heavy (non-hydrogen) atoms. The summed E-state index contributed by atoms with van der Waals surface area (Å²) in [6.45, 7) is 10.9. The van der Waals surface area contributed by atoms with Gasteiger partial charge in [-0.2, -0.15) is 0 Å². The van der Waals surface area contributed by atoms with Crippen molar-refractivity contribution in [3.05, 3.63) is 29.8 Å². The van der Waals surface area contributed by atoms with Crippen molar-refractivity contribution in [1.29, 1.82) is 0 Å². The van der Waals surface area contributed by atoms with Crippen molar-refractivity contribution in [2.24, 2.45) is 0 Å². The molecule has 3 rings (SSSR count). The van der Waals surface area contributed by atoms with Crippen LogP contribution in [0, 0.1) is 0 Å². The number of likely N-dealkylation sites (N-methyl/N-ethyl adjacent to an activating group) is 1. The molecule has 0 bridgehead atoms. The molecule has 0 spiro atoms. The minimum atomic E-state index is 0.252. The zero-order chi connectivity index (χ0) is 22.1. The highest BCUT2D eigenvalue weighted by Crippen LogP contribution is 2.22. The smallest absolute Gasteiger partial charge is 0.226 e. The highest BCUT2D eigenvalue weighted by Gasteiger charge is 2.20. The highest BCUT2D eigenvalue weighted by molar-refractivity contribution is 5.93. The Balaban J connectivity index is 1.43. The van der Waals surface area contributed by atoms with E-state index in [1.54, 1.807) is 0 Å². The molecule has 1 unspecified atom stereocenters. The number of hydrogen-bond donors (Lipinski definition) is 1. The van der Waals surface area contributed by atoms with Crippen LogP contribution in [0.1, 0.15) is 57.9 Å². The van der Waals surface area contributed by atoms with Crippen molar-refractivity contribution in [2.75, 3.05) is 50.7 Å². The van der Waals surface area contributed by atoms with Gasteiger partial charge in [0.05, 0.1) is 0 Å². The normalized spacial score (nSPS) is 19.1. The fraction of sp³-hybridized carbons (Fsp3) is 0.680. The third kappa shape index (κ3) is 7.04. The van der Waals surface area contributed by atoms with Gasteiger partial charge >= 0.3 is 0 Å². The summed E-state index contributed by atoms with van der Waals surface area (Å²) in [7, 11) is 0. The van der Waals surface area contributed by atoms with Gasteiger partial charge in [-0.05, 0) is 69.8 Å². The Hall–Kier alpha value is -1.92. The third-order valence-corrected chi connectivity index (χ3v) is 6.68. The van der Waals surface area contributed by atoms with Crippen LogP contribution < -0.4 is 10.2 Å². The van der Waals surface area contributed by atoms with Crippen LogP contribution in [0.2, 0.25) is 0 Å². The van der Waals surface area contributed by atoms with Gasteiger partial charge in [0.15, 0.2) is 0 Å². The molecule has 0 saturated carbocycles. The van der Waals surface area contributed by atoms with Crippen LogP contribution in [0.15, 0.2) is 24.3 Å². The van der Waals surface area contributed by atoms with Gasteiger partial charge in [0.2, 0.25) is 11.8 Å². The fourth-order valence-electron chi connectivity index (χ4n) is 4.72. The number of nitrogens with zero attached hydrogens (tertiary/aromatic N) is 3. The van der Waals surface area contributed by atoms with Crippen molar-refractivity contribution in [3.63, 3.8) is 0 Å². The average Bonchev–Trinajstić information content (AvgIpc) is 2.98. The second kappa shape index (κ2) is 12.2. The summed E-state index contributed by atoms with van der Waals surface area (Å²) in [5.74, 6) is 0.545. The molecule has 2 saturated heterocycles. The first-order valence-electron chi connectivity index (χ1n) is 12.2. The van der Waals surface area contributed by atoms with Crippen LogP contribution in [0.4, 0.5) is 5.69 Å². The van der Waals surface area contributed by atoms with E-state index in [0.29, 0.717) is 24.8 Å². The summed E-state index contributed by atoms with van der Waals surface area (Å²) < 4.78 is 0. The Morgan fingerprint density at radius 2 is 1.81 bits per heavy atom. The average molecular weight is 429 g/mol. The van der Waals surface area contributed by atoms with Crippen molar-refractivity contribution in [1.82, 2.24) is 15.1 Å². The molecular weight excluding hydrogens is 388 g/mol. The summed E-state index contributed by atoms with van der Waals surface area (Å²) in [6.07, 6.45) is 6.61. The SMILES string of the molecule is CCN(CCCCN1CCNCCC1=O)C(C)Cc1ccc(N2CCCCC2=O)cc1. The second-order valence-electron chi connectivity index (χ2n) is 8.94. The number of rotatable bonds is 10. The largest absolute Gasteiger partial charge is 0.341 e. The number of unbranched alkanes of at least 4 members (excludes halogenated alkanes) is 1. The minimum absolute atomic E-state index is 0.252. The lowest BCUT2D eigenvalue weighted by Crippen LogP contribution is -2.36. The molecule has 172 valence electrons. The Morgan fingerprint density at radius 1 is 1.00 bits per heavy atom. The molecule has 0 radical (unpaired) electrons. The molecule has 0 aliphatic carbocycles. The zero-order valence-corrected chi connectivity index (χ0v) is 19.4. The first kappa shape index (κ1) is 23.7. The van der Waals surface area contributed by atoms with E-state index >= 15 is 0 Å². The quantitative estimate of drug-likeness (QED) is 0.582. The lowest BCUT2D eigenvalue weighted by atomic mass is 10.0. The van der Waals surface area contributed by atoms with Gasteiger partial charge in [0.1, 0.15) is 0 Å². The number of anilines is 1. The van der Waals surface area contributed by atoms with Crippen LogP contribution in [-0.4, -0.2) is 73.5 Å². The van der Waals surface area contributed by atoms with Gasteiger partial charge in [-0.25, -0.2) is 0 Å². The summed E-state index contributed by atoms with van der Waals surface area (Å²) in [4.78, 5) is 30.7. The van der Waals surface area contributed by atoms with E-state index in [1.807, 2.05) is 9.80 Å². The van der Waals surface area contributed by atoms with Crippen molar-refractivity contribution in [2.45, 2.75) is 64.8 Å². The predicted molar refractivity (Wildman–Crippen MR) is 126 cm³/mol. The Morgan fingerprint density at radius 3 is 2.55 bits per heavy atom. The molecule has 6 heteroatoms. The van der Waals surface area contributed by atoms with E-state index in [1.165, 1.54) is 5.56 Å². The number of amides is 2. The summed E-state index contributed by atoms with van der Waals surface area (Å²) in [6, 6.07) is 9.04. The monoisotopic (exact) mass is 428 g/mol. The first-order chi connectivity index (χ1) is 15.1. The summed E-state index contributed by atoms with van der Waals surface area (Å²) >= 11 is 0. The predicted octanol–water partition coefficient (Wildman–Crippen LogP) is 3.06. The summed E-state index contributed by atoms with van der Waals surface area (Å²) in [5, 5.41) is 3.30. The van der Waals surface area contributed by atoms with Gasteiger partial charge in [-0.1, -0.05) is 19.1 Å². The second-order valence-corrected chi connectivity index (χ2v) is 8.94. The Kier molecular flexibility index (Phi) is 9.34. The van der Waals surface area contributed by atoms with Gasteiger partial charge in [-0.15, -0.1) is 0 Å². The molecular formula is C25H40N4O2. The minimum Gasteiger partial charge on any atom is -0.341 e. The third-order valence-electron chi connectivity index (χ3n) is 6.68. The molecule has 1 aromatic rings. The van der Waals surface area contributed by atoms with Crippen LogP contribution in [0.25, 0.3) is 0 Å². The van der Waals surface area contributed by atoms with E-state index in [0.717, 1.165) is 83.6 Å². The number of carbonyl (C=O) groups excluding carboxylic acids is 2. The van der Waals surface area contributed by atoms with Crippen LogP contribution in [0.3, 0.4) is 0 Å². The lowest BCUT2D eigenvalue weighted by molar-refractivity contribution is -0.130. The maximum absolute atomic E-state index is 12.1. The molecule has 6 nitrogen and oxygen atoms in total. The Labute approximate surface area is 188 Å².